The Balaban J connectivity index is 1.67. The first-order chi connectivity index (χ1) is 12.5. The van der Waals surface area contributed by atoms with Crippen molar-refractivity contribution < 1.29 is 39.7 Å². The molecule has 0 unspecified atom stereocenters. The molecular formula is C19H32O8. The first-order valence-corrected chi connectivity index (χ1v) is 9.50. The van der Waals surface area contributed by atoms with Crippen LogP contribution in [0.15, 0.2) is 12.2 Å². The maximum atomic E-state index is 10.1. The van der Waals surface area contributed by atoms with Gasteiger partial charge in [-0.15, -0.1) is 0 Å². The van der Waals surface area contributed by atoms with Crippen molar-refractivity contribution in [2.45, 2.75) is 94.7 Å². The Hall–Kier alpha value is -0.580. The van der Waals surface area contributed by atoms with Crippen LogP contribution in [-0.4, -0.2) is 86.3 Å². The van der Waals surface area contributed by atoms with Gasteiger partial charge in [0.1, 0.15) is 35.6 Å². The summed E-state index contributed by atoms with van der Waals surface area (Å²) >= 11 is 0. The number of fused-ring (bicyclic) bond motifs is 1. The van der Waals surface area contributed by atoms with E-state index in [0.29, 0.717) is 12.8 Å². The first kappa shape index (κ1) is 21.1. The summed E-state index contributed by atoms with van der Waals surface area (Å²) < 4.78 is 17.1. The molecule has 0 aromatic heterocycles. The van der Waals surface area contributed by atoms with Crippen molar-refractivity contribution in [1.29, 1.82) is 0 Å². The van der Waals surface area contributed by atoms with Gasteiger partial charge in [-0.05, 0) is 20.3 Å². The smallest absolute Gasteiger partial charge is 0.187 e. The van der Waals surface area contributed by atoms with Crippen molar-refractivity contribution in [3.63, 3.8) is 0 Å². The fourth-order valence-corrected chi connectivity index (χ4v) is 4.78. The Morgan fingerprint density at radius 2 is 1.74 bits per heavy atom. The lowest BCUT2D eigenvalue weighted by atomic mass is 9.63. The van der Waals surface area contributed by atoms with Crippen LogP contribution in [-0.2, 0) is 14.2 Å². The van der Waals surface area contributed by atoms with Gasteiger partial charge >= 0.3 is 0 Å². The predicted octanol–water partition coefficient (Wildman–Crippen LogP) is -0.544. The largest absolute Gasteiger partial charge is 0.394 e. The van der Waals surface area contributed by atoms with E-state index in [9.17, 15) is 25.5 Å². The van der Waals surface area contributed by atoms with Crippen LogP contribution in [0.4, 0.5) is 0 Å². The van der Waals surface area contributed by atoms with E-state index in [-0.39, 0.29) is 5.41 Å². The monoisotopic (exact) mass is 388 g/mol. The van der Waals surface area contributed by atoms with E-state index in [1.54, 1.807) is 6.92 Å². The minimum atomic E-state index is -1.47. The van der Waals surface area contributed by atoms with E-state index < -0.39 is 60.7 Å². The standard InChI is InChI=1S/C19H32O8/c1-10(25-16-15(24)14(23)13(22)12(9-20)26-16)5-6-19-17(2,3)7-11(21)8-18(19,4)27-19/h5-6,10-16,20-24H,7-9H2,1-4H3/t10-,11+,12-,13-,14+,15-,16-,18-,19+/m1/s1. The Morgan fingerprint density at radius 3 is 2.33 bits per heavy atom. The van der Waals surface area contributed by atoms with Crippen molar-refractivity contribution in [3.05, 3.63) is 12.2 Å². The predicted molar refractivity (Wildman–Crippen MR) is 94.7 cm³/mol. The zero-order chi connectivity index (χ0) is 20.2. The summed E-state index contributed by atoms with van der Waals surface area (Å²) in [4.78, 5) is 0. The van der Waals surface area contributed by atoms with E-state index in [0.717, 1.165) is 0 Å². The second kappa shape index (κ2) is 7.03. The zero-order valence-corrected chi connectivity index (χ0v) is 16.3. The molecule has 2 heterocycles. The molecule has 2 saturated heterocycles. The van der Waals surface area contributed by atoms with Crippen LogP contribution in [0, 0.1) is 5.41 Å². The molecule has 3 aliphatic rings. The molecule has 156 valence electrons. The number of aliphatic hydroxyl groups is 5. The number of epoxide rings is 1. The van der Waals surface area contributed by atoms with Gasteiger partial charge in [-0.2, -0.15) is 0 Å². The first-order valence-electron chi connectivity index (χ1n) is 9.50. The zero-order valence-electron chi connectivity index (χ0n) is 16.3. The molecule has 5 N–H and O–H groups in total. The second-order valence-electron chi connectivity index (χ2n) is 8.91. The molecule has 3 fully saturated rings. The number of aliphatic hydroxyl groups excluding tert-OH is 5. The molecular weight excluding hydrogens is 356 g/mol. The lowest BCUT2D eigenvalue weighted by molar-refractivity contribution is -0.306. The Labute approximate surface area is 159 Å². The molecule has 1 aliphatic carbocycles. The summed E-state index contributed by atoms with van der Waals surface area (Å²) in [5.41, 5.74) is -1.17. The maximum Gasteiger partial charge on any atom is 0.187 e. The van der Waals surface area contributed by atoms with Gasteiger partial charge in [0.2, 0.25) is 0 Å². The SMILES string of the molecule is C[C@H](C=C[C@@]12O[C@]1(C)C[C@@H](O)CC2(C)C)O[C@@H]1O[C@H](CO)[C@@H](O)[C@H](O)[C@H]1O. The van der Waals surface area contributed by atoms with E-state index in [4.69, 9.17) is 14.2 Å². The van der Waals surface area contributed by atoms with Crippen molar-refractivity contribution in [2.24, 2.45) is 5.41 Å². The fraction of sp³-hybridized carbons (Fsp3) is 0.895. The van der Waals surface area contributed by atoms with Gasteiger partial charge in [0, 0.05) is 11.8 Å². The van der Waals surface area contributed by atoms with Gasteiger partial charge in [-0.1, -0.05) is 26.0 Å². The van der Waals surface area contributed by atoms with Crippen LogP contribution in [0.1, 0.15) is 40.5 Å². The van der Waals surface area contributed by atoms with Crippen LogP contribution in [0.5, 0.6) is 0 Å². The highest BCUT2D eigenvalue weighted by Gasteiger charge is 2.74. The molecule has 0 aromatic carbocycles. The van der Waals surface area contributed by atoms with Crippen molar-refractivity contribution >= 4 is 0 Å². The van der Waals surface area contributed by atoms with E-state index in [2.05, 4.69) is 13.8 Å². The van der Waals surface area contributed by atoms with Gasteiger partial charge in [-0.3, -0.25) is 0 Å². The van der Waals surface area contributed by atoms with Crippen LogP contribution in [0.2, 0.25) is 0 Å². The highest BCUT2D eigenvalue weighted by atomic mass is 16.7. The Morgan fingerprint density at radius 1 is 1.07 bits per heavy atom. The normalized spacial score (nSPS) is 50.4. The number of rotatable bonds is 5. The van der Waals surface area contributed by atoms with E-state index in [1.165, 1.54) is 0 Å². The molecule has 1 saturated carbocycles. The average Bonchev–Trinajstić information content (AvgIpc) is 3.19. The Bertz CT molecular complexity index is 578. The van der Waals surface area contributed by atoms with Crippen molar-refractivity contribution in [3.8, 4) is 0 Å². The third kappa shape index (κ3) is 3.47. The molecule has 9 atom stereocenters. The third-order valence-electron chi connectivity index (χ3n) is 6.31. The minimum absolute atomic E-state index is 0.251. The summed E-state index contributed by atoms with van der Waals surface area (Å²) in [5.74, 6) is 0. The highest BCUT2D eigenvalue weighted by Crippen LogP contribution is 2.66. The van der Waals surface area contributed by atoms with Crippen LogP contribution >= 0.6 is 0 Å². The van der Waals surface area contributed by atoms with Crippen molar-refractivity contribution in [1.82, 2.24) is 0 Å². The van der Waals surface area contributed by atoms with E-state index in [1.807, 2.05) is 19.1 Å². The maximum absolute atomic E-state index is 10.1. The molecule has 8 nitrogen and oxygen atoms in total. The molecule has 2 aliphatic heterocycles. The van der Waals surface area contributed by atoms with E-state index >= 15 is 0 Å². The highest BCUT2D eigenvalue weighted by molar-refractivity contribution is 5.32. The fourth-order valence-electron chi connectivity index (χ4n) is 4.78. The molecule has 8 heteroatoms. The number of ether oxygens (including phenoxy) is 3. The third-order valence-corrected chi connectivity index (χ3v) is 6.31. The molecule has 0 radical (unpaired) electrons. The second-order valence-corrected chi connectivity index (χ2v) is 8.91. The average molecular weight is 388 g/mol. The van der Waals surface area contributed by atoms with Crippen LogP contribution in [0.3, 0.4) is 0 Å². The van der Waals surface area contributed by atoms with Gasteiger partial charge in [0.05, 0.1) is 18.8 Å². The van der Waals surface area contributed by atoms with Crippen LogP contribution in [0.25, 0.3) is 0 Å². The van der Waals surface area contributed by atoms with Crippen molar-refractivity contribution in [2.75, 3.05) is 6.61 Å². The minimum Gasteiger partial charge on any atom is -0.394 e. The summed E-state index contributed by atoms with van der Waals surface area (Å²) in [6.45, 7) is 7.38. The quantitative estimate of drug-likeness (QED) is 0.313. The molecule has 3 rings (SSSR count). The molecule has 0 spiro atoms. The van der Waals surface area contributed by atoms with Gasteiger partial charge in [0.15, 0.2) is 6.29 Å². The lowest BCUT2D eigenvalue weighted by Gasteiger charge is -2.40. The van der Waals surface area contributed by atoms with Gasteiger partial charge in [-0.25, -0.2) is 0 Å². The summed E-state index contributed by atoms with van der Waals surface area (Å²) in [5, 5.41) is 49.1. The van der Waals surface area contributed by atoms with Gasteiger partial charge in [0.25, 0.3) is 0 Å². The van der Waals surface area contributed by atoms with Gasteiger partial charge < -0.3 is 39.7 Å². The number of hydrogen-bond donors (Lipinski definition) is 5. The summed E-state index contributed by atoms with van der Waals surface area (Å²) in [6.07, 6.45) is -2.39. The molecule has 27 heavy (non-hydrogen) atoms. The molecule has 0 bridgehead atoms. The summed E-state index contributed by atoms with van der Waals surface area (Å²) in [7, 11) is 0. The lowest BCUT2D eigenvalue weighted by Crippen LogP contribution is -2.59. The summed E-state index contributed by atoms with van der Waals surface area (Å²) in [6, 6.07) is 0. The topological polar surface area (TPSA) is 132 Å². The molecule has 0 amide bonds. The number of hydrogen-bond acceptors (Lipinski definition) is 8. The Kier molecular flexibility index (Phi) is 5.51. The molecule has 0 aromatic rings. The van der Waals surface area contributed by atoms with Crippen LogP contribution < -0.4 is 0 Å².